The van der Waals surface area contributed by atoms with Gasteiger partial charge in [0.25, 0.3) is 0 Å². The van der Waals surface area contributed by atoms with Crippen LogP contribution in [0.2, 0.25) is 0 Å². The summed E-state index contributed by atoms with van der Waals surface area (Å²) in [4.78, 5) is 1.90. The summed E-state index contributed by atoms with van der Waals surface area (Å²) in [6, 6.07) is 5.61. The van der Waals surface area contributed by atoms with Crippen molar-refractivity contribution in [3.8, 4) is 12.1 Å². The van der Waals surface area contributed by atoms with Crippen LogP contribution >= 0.6 is 12.2 Å². The summed E-state index contributed by atoms with van der Waals surface area (Å²) in [7, 11) is 1.87. The predicted molar refractivity (Wildman–Crippen MR) is 63.3 cm³/mol. The molecule has 78 valence electrons. The van der Waals surface area contributed by atoms with Gasteiger partial charge in [0.05, 0.1) is 17.7 Å². The van der Waals surface area contributed by atoms with E-state index in [1.54, 1.807) is 4.57 Å². The lowest BCUT2D eigenvalue weighted by Gasteiger charge is -2.12. The summed E-state index contributed by atoms with van der Waals surface area (Å²) in [5.41, 5.74) is 1.58. The van der Waals surface area contributed by atoms with Crippen molar-refractivity contribution in [2.24, 2.45) is 0 Å². The van der Waals surface area contributed by atoms with E-state index in [9.17, 15) is 0 Å². The molecule has 0 amide bonds. The van der Waals surface area contributed by atoms with Gasteiger partial charge in [-0.15, -0.1) is 0 Å². The van der Waals surface area contributed by atoms with Gasteiger partial charge in [-0.05, 0) is 6.07 Å². The van der Waals surface area contributed by atoms with Crippen molar-refractivity contribution < 1.29 is 0 Å². The maximum Gasteiger partial charge on any atom is 0.132 e. The highest BCUT2D eigenvalue weighted by atomic mass is 32.1. The minimum absolute atomic E-state index is 0.340. The highest BCUT2D eigenvalue weighted by Crippen LogP contribution is 2.31. The average Bonchev–Trinajstić information content (AvgIpc) is 2.56. The van der Waals surface area contributed by atoms with Gasteiger partial charge in [-0.3, -0.25) is 4.57 Å². The zero-order valence-electron chi connectivity index (χ0n) is 8.69. The molecule has 0 bridgehead atoms. The van der Waals surface area contributed by atoms with Gasteiger partial charge in [0.1, 0.15) is 22.6 Å². The van der Waals surface area contributed by atoms with Gasteiger partial charge in [0, 0.05) is 12.7 Å². The fraction of sp³-hybridized carbons (Fsp3) is 0.182. The van der Waals surface area contributed by atoms with Crippen molar-refractivity contribution in [2.75, 3.05) is 18.5 Å². The minimum atomic E-state index is 0.340. The van der Waals surface area contributed by atoms with Crippen LogP contribution in [0.5, 0.6) is 0 Å². The predicted octanol–water partition coefficient (Wildman–Crippen LogP) is 1.88. The van der Waals surface area contributed by atoms with E-state index in [2.05, 4.69) is 12.6 Å². The Kier molecular flexibility index (Phi) is 2.26. The van der Waals surface area contributed by atoms with E-state index in [0.29, 0.717) is 22.3 Å². The largest absolute Gasteiger partial charge is 0.354 e. The monoisotopic (exact) mass is 228 g/mol. The number of rotatable bonds is 0. The highest BCUT2D eigenvalue weighted by molar-refractivity contribution is 7.71. The lowest BCUT2D eigenvalue weighted by Crippen LogP contribution is -2.13. The topological polar surface area (TPSA) is 55.8 Å². The molecule has 1 aliphatic heterocycles. The van der Waals surface area contributed by atoms with Crippen LogP contribution in [-0.4, -0.2) is 18.2 Å². The van der Waals surface area contributed by atoms with E-state index < -0.39 is 0 Å². The van der Waals surface area contributed by atoms with Gasteiger partial charge in [0.2, 0.25) is 0 Å². The molecule has 2 rings (SSSR count). The molecule has 0 N–H and O–H groups in total. The molecule has 1 aromatic rings. The maximum atomic E-state index is 9.05. The average molecular weight is 228 g/mol. The minimum Gasteiger partial charge on any atom is -0.354 e. The Labute approximate surface area is 98.3 Å². The summed E-state index contributed by atoms with van der Waals surface area (Å²) < 4.78 is 2.12. The number of hydrogen-bond donors (Lipinski definition) is 0. The summed E-state index contributed by atoms with van der Waals surface area (Å²) in [5.74, 6) is 0.719. The number of nitrogens with zero attached hydrogens (tertiary/aromatic N) is 4. The molecule has 0 spiro atoms. The second-order valence-electron chi connectivity index (χ2n) is 3.58. The molecule has 16 heavy (non-hydrogen) atoms. The Bertz CT molecular complexity index is 627. The van der Waals surface area contributed by atoms with E-state index in [4.69, 9.17) is 22.7 Å². The molecule has 0 saturated heterocycles. The molecule has 1 aliphatic rings. The van der Waals surface area contributed by atoms with Crippen LogP contribution in [0.1, 0.15) is 11.1 Å². The molecule has 2 heterocycles. The summed E-state index contributed by atoms with van der Waals surface area (Å²) in [6.07, 6.45) is 0. The van der Waals surface area contributed by atoms with Gasteiger partial charge in [-0.2, -0.15) is 10.5 Å². The molecule has 0 aromatic carbocycles. The van der Waals surface area contributed by atoms with Crippen molar-refractivity contribution in [1.82, 2.24) is 4.57 Å². The van der Waals surface area contributed by atoms with Gasteiger partial charge >= 0.3 is 0 Å². The molecule has 0 aliphatic carbocycles. The fourth-order valence-electron chi connectivity index (χ4n) is 1.86. The molecule has 0 radical (unpaired) electrons. The van der Waals surface area contributed by atoms with Crippen LogP contribution in [0.3, 0.4) is 0 Å². The zero-order chi connectivity index (χ0) is 11.9. The molecule has 1 aromatic heterocycles. The van der Waals surface area contributed by atoms with E-state index in [1.807, 2.05) is 18.0 Å². The SMILES string of the molecule is C=C1CN(C)c2c(C#N)cc(C#N)c(=S)n21. The molecule has 0 unspecified atom stereocenters. The van der Waals surface area contributed by atoms with E-state index >= 15 is 0 Å². The highest BCUT2D eigenvalue weighted by Gasteiger charge is 2.24. The third-order valence-electron chi connectivity index (χ3n) is 2.51. The molecule has 0 atom stereocenters. The summed E-state index contributed by atoms with van der Waals surface area (Å²) >= 11 is 5.20. The van der Waals surface area contributed by atoms with Crippen LogP contribution in [0.4, 0.5) is 5.82 Å². The Morgan fingerprint density at radius 1 is 1.38 bits per heavy atom. The first kappa shape index (κ1) is 10.4. The molecular formula is C11H8N4S. The molecule has 0 fully saturated rings. The third kappa shape index (κ3) is 1.23. The Morgan fingerprint density at radius 3 is 2.56 bits per heavy atom. The molecule has 0 saturated carbocycles. The smallest absolute Gasteiger partial charge is 0.132 e. The fourth-order valence-corrected chi connectivity index (χ4v) is 2.18. The normalized spacial score (nSPS) is 13.2. The zero-order valence-corrected chi connectivity index (χ0v) is 9.51. The van der Waals surface area contributed by atoms with Gasteiger partial charge in [-0.1, -0.05) is 18.8 Å². The van der Waals surface area contributed by atoms with Crippen LogP contribution in [0.15, 0.2) is 12.6 Å². The van der Waals surface area contributed by atoms with Crippen molar-refractivity contribution in [3.05, 3.63) is 28.4 Å². The van der Waals surface area contributed by atoms with Crippen LogP contribution < -0.4 is 4.90 Å². The van der Waals surface area contributed by atoms with Gasteiger partial charge in [-0.25, -0.2) is 0 Å². The third-order valence-corrected chi connectivity index (χ3v) is 2.92. The van der Waals surface area contributed by atoms with E-state index in [-0.39, 0.29) is 0 Å². The van der Waals surface area contributed by atoms with E-state index in [1.165, 1.54) is 6.07 Å². The van der Waals surface area contributed by atoms with Crippen molar-refractivity contribution in [3.63, 3.8) is 0 Å². The quantitative estimate of drug-likeness (QED) is 0.636. The molecule has 5 heteroatoms. The second-order valence-corrected chi connectivity index (χ2v) is 3.97. The van der Waals surface area contributed by atoms with Crippen molar-refractivity contribution >= 4 is 23.7 Å². The first-order valence-corrected chi connectivity index (χ1v) is 5.00. The number of fused-ring (bicyclic) bond motifs is 1. The second kappa shape index (κ2) is 3.48. The lowest BCUT2D eigenvalue weighted by atomic mass is 10.2. The first-order chi connectivity index (χ1) is 7.60. The van der Waals surface area contributed by atoms with Gasteiger partial charge < -0.3 is 4.90 Å². The molecule has 4 nitrogen and oxygen atoms in total. The number of likely N-dealkylation sites (N-methyl/N-ethyl adjacent to an activating group) is 1. The Morgan fingerprint density at radius 2 is 2.00 bits per heavy atom. The summed E-state index contributed by atoms with van der Waals surface area (Å²) in [5, 5.41) is 18.0. The number of pyridine rings is 1. The lowest BCUT2D eigenvalue weighted by molar-refractivity contribution is 1.05. The first-order valence-electron chi connectivity index (χ1n) is 4.59. The number of hydrogen-bond acceptors (Lipinski definition) is 4. The Hall–Kier alpha value is -2.11. The Balaban J connectivity index is 2.93. The molecular weight excluding hydrogens is 220 g/mol. The van der Waals surface area contributed by atoms with Crippen molar-refractivity contribution in [1.29, 1.82) is 10.5 Å². The van der Waals surface area contributed by atoms with E-state index in [0.717, 1.165) is 11.5 Å². The standard InChI is InChI=1S/C11H8N4S/c1-7-6-14(2)10-8(4-12)3-9(5-13)11(16)15(7)10/h3H,1,6H2,2H3. The number of aromatic nitrogens is 1. The van der Waals surface area contributed by atoms with Gasteiger partial charge in [0.15, 0.2) is 0 Å². The number of anilines is 1. The maximum absolute atomic E-state index is 9.05. The summed E-state index contributed by atoms with van der Waals surface area (Å²) in [6.45, 7) is 4.51. The van der Waals surface area contributed by atoms with Crippen LogP contribution in [0.25, 0.3) is 5.70 Å². The van der Waals surface area contributed by atoms with Crippen molar-refractivity contribution in [2.45, 2.75) is 0 Å². The van der Waals surface area contributed by atoms with Crippen LogP contribution in [-0.2, 0) is 0 Å². The number of nitriles is 2. The van der Waals surface area contributed by atoms with Crippen LogP contribution in [0, 0.1) is 27.3 Å².